The molecule has 0 N–H and O–H groups in total. The summed E-state index contributed by atoms with van der Waals surface area (Å²) < 4.78 is 0. The Kier molecular flexibility index (Phi) is 7.22. The van der Waals surface area contributed by atoms with Gasteiger partial charge < -0.3 is 0 Å². The summed E-state index contributed by atoms with van der Waals surface area (Å²) in [5, 5.41) is 7.36. The number of hydrogen-bond donors (Lipinski definition) is 0. The van der Waals surface area contributed by atoms with Gasteiger partial charge >= 0.3 is 0 Å². The van der Waals surface area contributed by atoms with Crippen LogP contribution in [0.4, 0.5) is 0 Å². The first-order valence-electron chi connectivity index (χ1n) is 20.9. The van der Waals surface area contributed by atoms with Crippen molar-refractivity contribution in [3.8, 4) is 67.5 Å². The molecule has 13 rings (SSSR count). The first-order chi connectivity index (χ1) is 30.2. The summed E-state index contributed by atoms with van der Waals surface area (Å²) in [6.45, 7) is 0. The van der Waals surface area contributed by atoms with Gasteiger partial charge in [-0.1, -0.05) is 200 Å². The molecule has 0 atom stereocenters. The Labute approximate surface area is 353 Å². The molecule has 2 aliphatic carbocycles. The molecule has 2 aliphatic rings. The highest BCUT2D eigenvalue weighted by Gasteiger charge is 2.51. The SMILES string of the molecule is c1ccc(-c2nc(-c3ccc(-c4ccc5c(c4)-c4ccccc4C54c5ccccc5-c5ccccc54)cc3)nc(-c3ccc4c5ccccc5c5ccccc5c4c3)n2)cc1. The van der Waals surface area contributed by atoms with Crippen LogP contribution >= 0.6 is 0 Å². The molecule has 0 fully saturated rings. The molecule has 1 heterocycles. The van der Waals surface area contributed by atoms with Gasteiger partial charge in [-0.3, -0.25) is 0 Å². The van der Waals surface area contributed by atoms with Gasteiger partial charge in [-0.25, -0.2) is 15.0 Å². The molecule has 0 aliphatic heterocycles. The van der Waals surface area contributed by atoms with Crippen molar-refractivity contribution in [2.75, 3.05) is 0 Å². The standard InChI is InChI=1S/C58H35N3/c1-2-14-37(15-3-1)55-59-56(61-57(60-55)40-30-32-45-43-18-5-4-16-41(43)42-17-6-7-19-44(42)49(45)35-40)38-28-26-36(27-29-38)39-31-33-54-50(34-39)48-22-10-13-25-53(48)58(54)51-23-11-8-20-46(51)47-21-9-12-24-52(47)58/h1-35H. The summed E-state index contributed by atoms with van der Waals surface area (Å²) in [5.41, 5.74) is 15.4. The largest absolute Gasteiger partial charge is 0.208 e. The van der Waals surface area contributed by atoms with Crippen LogP contribution in [0.5, 0.6) is 0 Å². The van der Waals surface area contributed by atoms with Gasteiger partial charge in [0.15, 0.2) is 17.5 Å². The molecule has 0 bridgehead atoms. The summed E-state index contributed by atoms with van der Waals surface area (Å²) in [7, 11) is 0. The van der Waals surface area contributed by atoms with Crippen LogP contribution < -0.4 is 0 Å². The lowest BCUT2D eigenvalue weighted by atomic mass is 9.70. The molecule has 1 aromatic heterocycles. The molecule has 0 saturated heterocycles. The van der Waals surface area contributed by atoms with Gasteiger partial charge in [0.2, 0.25) is 0 Å². The van der Waals surface area contributed by atoms with Gasteiger partial charge in [0.1, 0.15) is 0 Å². The Morgan fingerprint density at radius 3 is 1.18 bits per heavy atom. The highest BCUT2D eigenvalue weighted by Crippen LogP contribution is 2.63. The van der Waals surface area contributed by atoms with Gasteiger partial charge in [-0.15, -0.1) is 0 Å². The lowest BCUT2D eigenvalue weighted by Crippen LogP contribution is -2.25. The molecule has 0 saturated carbocycles. The number of fused-ring (bicyclic) bond motifs is 16. The van der Waals surface area contributed by atoms with Crippen molar-refractivity contribution in [3.63, 3.8) is 0 Å². The van der Waals surface area contributed by atoms with E-state index in [9.17, 15) is 0 Å². The summed E-state index contributed by atoms with van der Waals surface area (Å²) in [4.78, 5) is 15.4. The van der Waals surface area contributed by atoms with Gasteiger partial charge in [0.05, 0.1) is 5.41 Å². The zero-order valence-corrected chi connectivity index (χ0v) is 33.0. The topological polar surface area (TPSA) is 38.7 Å². The first kappa shape index (κ1) is 33.9. The number of rotatable bonds is 4. The van der Waals surface area contributed by atoms with Gasteiger partial charge in [0.25, 0.3) is 0 Å². The molecule has 3 heteroatoms. The Hall–Kier alpha value is -8.01. The maximum atomic E-state index is 5.18. The van der Waals surface area contributed by atoms with Crippen molar-refractivity contribution >= 4 is 32.3 Å². The Bertz CT molecular complexity index is 3510. The molecular weight excluding hydrogens is 739 g/mol. The monoisotopic (exact) mass is 773 g/mol. The van der Waals surface area contributed by atoms with E-state index in [0.717, 1.165) is 22.3 Å². The quantitative estimate of drug-likeness (QED) is 0.167. The smallest absolute Gasteiger partial charge is 0.164 e. The molecule has 11 aromatic rings. The van der Waals surface area contributed by atoms with Crippen LogP contribution in [0.2, 0.25) is 0 Å². The maximum Gasteiger partial charge on any atom is 0.164 e. The number of benzene rings is 10. The minimum absolute atomic E-state index is 0.347. The van der Waals surface area contributed by atoms with Crippen molar-refractivity contribution in [2.45, 2.75) is 5.41 Å². The Morgan fingerprint density at radius 1 is 0.230 bits per heavy atom. The van der Waals surface area contributed by atoms with E-state index in [1.165, 1.54) is 82.4 Å². The van der Waals surface area contributed by atoms with Crippen molar-refractivity contribution in [3.05, 3.63) is 235 Å². The average molecular weight is 774 g/mol. The molecule has 0 unspecified atom stereocenters. The van der Waals surface area contributed by atoms with Crippen molar-refractivity contribution in [1.82, 2.24) is 15.0 Å². The highest BCUT2D eigenvalue weighted by atomic mass is 15.0. The minimum atomic E-state index is -0.347. The zero-order chi connectivity index (χ0) is 40.1. The highest BCUT2D eigenvalue weighted by molar-refractivity contribution is 6.25. The van der Waals surface area contributed by atoms with E-state index in [1.54, 1.807) is 0 Å². The van der Waals surface area contributed by atoms with Crippen LogP contribution in [0.25, 0.3) is 99.9 Å². The van der Waals surface area contributed by atoms with E-state index in [0.29, 0.717) is 17.5 Å². The van der Waals surface area contributed by atoms with Crippen molar-refractivity contribution in [1.29, 1.82) is 0 Å². The molecule has 0 radical (unpaired) electrons. The van der Waals surface area contributed by atoms with E-state index in [2.05, 4.69) is 194 Å². The molecule has 3 nitrogen and oxygen atoms in total. The lowest BCUT2D eigenvalue weighted by Gasteiger charge is -2.30. The molecule has 0 amide bonds. The van der Waals surface area contributed by atoms with Crippen molar-refractivity contribution < 1.29 is 0 Å². The van der Waals surface area contributed by atoms with Crippen LogP contribution in [0.1, 0.15) is 22.3 Å². The third-order valence-electron chi connectivity index (χ3n) is 13.1. The van der Waals surface area contributed by atoms with Crippen molar-refractivity contribution in [2.24, 2.45) is 0 Å². The number of nitrogens with zero attached hydrogens (tertiary/aromatic N) is 3. The van der Waals surface area contributed by atoms with Crippen LogP contribution in [-0.4, -0.2) is 15.0 Å². The van der Waals surface area contributed by atoms with E-state index in [4.69, 9.17) is 15.0 Å². The molecule has 10 aromatic carbocycles. The fraction of sp³-hybridized carbons (Fsp3) is 0.0172. The fourth-order valence-corrected chi connectivity index (χ4v) is 10.5. The van der Waals surface area contributed by atoms with Crippen LogP contribution in [0.15, 0.2) is 212 Å². The maximum absolute atomic E-state index is 5.18. The summed E-state index contributed by atoms with van der Waals surface area (Å²) in [5.74, 6) is 1.94. The van der Waals surface area contributed by atoms with Gasteiger partial charge in [-0.05, 0) is 100 Å². The van der Waals surface area contributed by atoms with E-state index >= 15 is 0 Å². The number of aromatic nitrogens is 3. The average Bonchev–Trinajstić information content (AvgIpc) is 3.81. The molecule has 61 heavy (non-hydrogen) atoms. The second-order valence-electron chi connectivity index (χ2n) is 16.2. The lowest BCUT2D eigenvalue weighted by molar-refractivity contribution is 0.794. The zero-order valence-electron chi connectivity index (χ0n) is 33.0. The van der Waals surface area contributed by atoms with Crippen LogP contribution in [0, 0.1) is 0 Å². The second-order valence-corrected chi connectivity index (χ2v) is 16.2. The summed E-state index contributed by atoms with van der Waals surface area (Å²) in [6, 6.07) is 76.8. The van der Waals surface area contributed by atoms with Gasteiger partial charge in [-0.2, -0.15) is 0 Å². The number of hydrogen-bond acceptors (Lipinski definition) is 3. The summed E-state index contributed by atoms with van der Waals surface area (Å²) >= 11 is 0. The predicted octanol–water partition coefficient (Wildman–Crippen LogP) is 14.3. The second kappa shape index (κ2) is 13.0. The van der Waals surface area contributed by atoms with Crippen LogP contribution in [0.3, 0.4) is 0 Å². The third kappa shape index (κ3) is 4.89. The molecule has 282 valence electrons. The Balaban J connectivity index is 0.926. The first-order valence-corrected chi connectivity index (χ1v) is 20.9. The van der Waals surface area contributed by atoms with E-state index < -0.39 is 0 Å². The predicted molar refractivity (Wildman–Crippen MR) is 250 cm³/mol. The third-order valence-corrected chi connectivity index (χ3v) is 13.1. The Morgan fingerprint density at radius 2 is 0.607 bits per heavy atom. The molecule has 1 spiro atoms. The minimum Gasteiger partial charge on any atom is -0.208 e. The molecular formula is C58H35N3. The normalized spacial score (nSPS) is 13.0. The van der Waals surface area contributed by atoms with Gasteiger partial charge in [0, 0.05) is 16.7 Å². The fourth-order valence-electron chi connectivity index (χ4n) is 10.5. The van der Waals surface area contributed by atoms with E-state index in [1.807, 2.05) is 18.2 Å². The van der Waals surface area contributed by atoms with E-state index in [-0.39, 0.29) is 5.41 Å². The van der Waals surface area contributed by atoms with Crippen LogP contribution in [-0.2, 0) is 5.41 Å². The summed E-state index contributed by atoms with van der Waals surface area (Å²) in [6.07, 6.45) is 0.